The summed E-state index contributed by atoms with van der Waals surface area (Å²) in [5.41, 5.74) is 1.86. The zero-order chi connectivity index (χ0) is 12.9. The maximum atomic E-state index is 10.5. The van der Waals surface area contributed by atoms with Crippen molar-refractivity contribution in [1.29, 1.82) is 0 Å². The third-order valence-electron chi connectivity index (χ3n) is 3.79. The molecule has 0 amide bonds. The Bertz CT molecular complexity index is 296. The Morgan fingerprint density at radius 3 is 2.71 bits per heavy atom. The van der Waals surface area contributed by atoms with Crippen molar-refractivity contribution in [3.05, 3.63) is 23.3 Å². The van der Waals surface area contributed by atoms with Crippen molar-refractivity contribution in [1.82, 2.24) is 0 Å². The number of allylic oxidation sites excluding steroid dienone is 3. The Balaban J connectivity index is 2.48. The smallest absolute Gasteiger partial charge is 0.0653 e. The molecule has 1 rings (SSSR count). The van der Waals surface area contributed by atoms with Crippen molar-refractivity contribution in [3.8, 4) is 0 Å². The van der Waals surface area contributed by atoms with E-state index in [-0.39, 0.29) is 6.61 Å². The van der Waals surface area contributed by atoms with E-state index in [1.807, 2.05) is 6.92 Å². The van der Waals surface area contributed by atoms with Gasteiger partial charge in [0.15, 0.2) is 0 Å². The molecule has 0 heterocycles. The maximum absolute atomic E-state index is 10.5. The molecule has 0 aromatic heterocycles. The van der Waals surface area contributed by atoms with E-state index in [1.165, 1.54) is 5.57 Å². The van der Waals surface area contributed by atoms with E-state index in [2.05, 4.69) is 26.0 Å². The molecule has 0 fully saturated rings. The summed E-state index contributed by atoms with van der Waals surface area (Å²) in [6.07, 6.45) is 8.88. The van der Waals surface area contributed by atoms with Crippen LogP contribution in [0.25, 0.3) is 0 Å². The molecule has 2 nitrogen and oxygen atoms in total. The number of aliphatic hydroxyl groups is 2. The lowest BCUT2D eigenvalue weighted by molar-refractivity contribution is -0.0126. The van der Waals surface area contributed by atoms with Crippen molar-refractivity contribution in [2.75, 3.05) is 6.61 Å². The average Bonchev–Trinajstić information content (AvgIpc) is 2.28. The largest absolute Gasteiger partial charge is 0.392 e. The van der Waals surface area contributed by atoms with E-state index >= 15 is 0 Å². The van der Waals surface area contributed by atoms with Crippen LogP contribution in [0.4, 0.5) is 0 Å². The molecule has 0 saturated carbocycles. The second kappa shape index (κ2) is 6.36. The molecular formula is C15H26O2. The highest BCUT2D eigenvalue weighted by atomic mass is 16.3. The Labute approximate surface area is 105 Å². The molecule has 0 aromatic carbocycles. The van der Waals surface area contributed by atoms with Gasteiger partial charge in [0.05, 0.1) is 12.2 Å². The SMILES string of the molecule is CC(C)=CCC[C@](C)(O)[C@@H]1CC=C(CO)CC1. The molecule has 1 aliphatic rings. The lowest BCUT2D eigenvalue weighted by Crippen LogP contribution is -2.35. The molecule has 17 heavy (non-hydrogen) atoms. The van der Waals surface area contributed by atoms with Gasteiger partial charge in [-0.3, -0.25) is 0 Å². The van der Waals surface area contributed by atoms with Gasteiger partial charge in [0.25, 0.3) is 0 Å². The Morgan fingerprint density at radius 2 is 2.24 bits per heavy atom. The zero-order valence-electron chi connectivity index (χ0n) is 11.4. The first-order valence-corrected chi connectivity index (χ1v) is 6.60. The van der Waals surface area contributed by atoms with E-state index in [4.69, 9.17) is 5.11 Å². The molecule has 2 atom stereocenters. The lowest BCUT2D eigenvalue weighted by atomic mass is 9.76. The summed E-state index contributed by atoms with van der Waals surface area (Å²) in [7, 11) is 0. The van der Waals surface area contributed by atoms with Gasteiger partial charge in [0.2, 0.25) is 0 Å². The predicted molar refractivity (Wildman–Crippen MR) is 71.8 cm³/mol. The summed E-state index contributed by atoms with van der Waals surface area (Å²) in [5, 5.41) is 19.5. The van der Waals surface area contributed by atoms with Gasteiger partial charge in [0, 0.05) is 0 Å². The van der Waals surface area contributed by atoms with Crippen molar-refractivity contribution < 1.29 is 10.2 Å². The van der Waals surface area contributed by atoms with E-state index in [9.17, 15) is 5.11 Å². The monoisotopic (exact) mass is 238 g/mol. The lowest BCUT2D eigenvalue weighted by Gasteiger charge is -2.35. The molecule has 1 aliphatic carbocycles. The molecule has 2 N–H and O–H groups in total. The van der Waals surface area contributed by atoms with Crippen LogP contribution in [0.2, 0.25) is 0 Å². The Morgan fingerprint density at radius 1 is 1.53 bits per heavy atom. The fourth-order valence-corrected chi connectivity index (χ4v) is 2.45. The van der Waals surface area contributed by atoms with Gasteiger partial charge in [-0.05, 0) is 64.4 Å². The summed E-state index contributed by atoms with van der Waals surface area (Å²) in [6, 6.07) is 0. The van der Waals surface area contributed by atoms with E-state index in [1.54, 1.807) is 0 Å². The van der Waals surface area contributed by atoms with Gasteiger partial charge >= 0.3 is 0 Å². The van der Waals surface area contributed by atoms with Crippen LogP contribution in [-0.4, -0.2) is 22.4 Å². The van der Waals surface area contributed by atoms with Gasteiger partial charge in [0.1, 0.15) is 0 Å². The molecule has 0 aliphatic heterocycles. The van der Waals surface area contributed by atoms with Crippen LogP contribution in [0.5, 0.6) is 0 Å². The molecule has 0 aromatic rings. The predicted octanol–water partition coefficient (Wildman–Crippen LogP) is 3.20. The summed E-state index contributed by atoms with van der Waals surface area (Å²) in [4.78, 5) is 0. The zero-order valence-corrected chi connectivity index (χ0v) is 11.4. The topological polar surface area (TPSA) is 40.5 Å². The van der Waals surface area contributed by atoms with Crippen molar-refractivity contribution in [2.45, 2.75) is 58.5 Å². The molecule has 0 saturated heterocycles. The molecule has 2 heteroatoms. The first-order valence-electron chi connectivity index (χ1n) is 6.60. The third-order valence-corrected chi connectivity index (χ3v) is 3.79. The van der Waals surface area contributed by atoms with Gasteiger partial charge < -0.3 is 10.2 Å². The Hall–Kier alpha value is -0.600. The summed E-state index contributed by atoms with van der Waals surface area (Å²) < 4.78 is 0. The standard InChI is InChI=1S/C15H26O2/c1-12(2)5-4-10-15(3,17)14-8-6-13(11-16)7-9-14/h5-6,14,16-17H,4,7-11H2,1-3H3/t14-,15+/m1/s1. The second-order valence-corrected chi connectivity index (χ2v) is 5.67. The quantitative estimate of drug-likeness (QED) is 0.722. The minimum atomic E-state index is -0.580. The van der Waals surface area contributed by atoms with Crippen LogP contribution in [0.3, 0.4) is 0 Å². The van der Waals surface area contributed by atoms with Crippen molar-refractivity contribution in [3.63, 3.8) is 0 Å². The molecule has 0 unspecified atom stereocenters. The van der Waals surface area contributed by atoms with Gasteiger partial charge in [-0.2, -0.15) is 0 Å². The van der Waals surface area contributed by atoms with Crippen LogP contribution >= 0.6 is 0 Å². The highest BCUT2D eigenvalue weighted by molar-refractivity contribution is 5.08. The number of aliphatic hydroxyl groups excluding tert-OH is 1. The van der Waals surface area contributed by atoms with Crippen LogP contribution in [0.15, 0.2) is 23.3 Å². The minimum absolute atomic E-state index is 0.173. The van der Waals surface area contributed by atoms with E-state index in [0.717, 1.165) is 37.7 Å². The molecule has 0 bridgehead atoms. The summed E-state index contributed by atoms with van der Waals surface area (Å²) in [6.45, 7) is 6.30. The van der Waals surface area contributed by atoms with Crippen molar-refractivity contribution >= 4 is 0 Å². The fraction of sp³-hybridized carbons (Fsp3) is 0.733. The Kier molecular flexibility index (Phi) is 5.41. The van der Waals surface area contributed by atoms with Crippen molar-refractivity contribution in [2.24, 2.45) is 5.92 Å². The van der Waals surface area contributed by atoms with Crippen LogP contribution in [0.1, 0.15) is 52.9 Å². The average molecular weight is 238 g/mol. The van der Waals surface area contributed by atoms with Gasteiger partial charge in [-0.15, -0.1) is 0 Å². The number of rotatable bonds is 5. The van der Waals surface area contributed by atoms with Crippen LogP contribution < -0.4 is 0 Å². The molecule has 98 valence electrons. The maximum Gasteiger partial charge on any atom is 0.0653 e. The number of hydrogen-bond donors (Lipinski definition) is 2. The highest BCUT2D eigenvalue weighted by Crippen LogP contribution is 2.34. The number of hydrogen-bond acceptors (Lipinski definition) is 2. The third kappa shape index (κ3) is 4.64. The van der Waals surface area contributed by atoms with Crippen LogP contribution in [0, 0.1) is 5.92 Å². The van der Waals surface area contributed by atoms with E-state index < -0.39 is 5.60 Å². The van der Waals surface area contributed by atoms with Gasteiger partial charge in [-0.1, -0.05) is 17.7 Å². The van der Waals surface area contributed by atoms with E-state index in [0.29, 0.717) is 5.92 Å². The first-order chi connectivity index (χ1) is 7.95. The molecule has 0 spiro atoms. The molecule has 0 radical (unpaired) electrons. The first kappa shape index (κ1) is 14.5. The normalized spacial score (nSPS) is 23.8. The highest BCUT2D eigenvalue weighted by Gasteiger charge is 2.31. The van der Waals surface area contributed by atoms with Gasteiger partial charge in [-0.25, -0.2) is 0 Å². The van der Waals surface area contributed by atoms with Crippen LogP contribution in [-0.2, 0) is 0 Å². The molecular weight excluding hydrogens is 212 g/mol. The fourth-order valence-electron chi connectivity index (χ4n) is 2.45. The minimum Gasteiger partial charge on any atom is -0.392 e. The summed E-state index contributed by atoms with van der Waals surface area (Å²) >= 11 is 0. The summed E-state index contributed by atoms with van der Waals surface area (Å²) in [5.74, 6) is 0.336. The second-order valence-electron chi connectivity index (χ2n) is 5.67.